The Hall–Kier alpha value is -4.13. The van der Waals surface area contributed by atoms with Crippen molar-refractivity contribution in [2.45, 2.75) is 12.8 Å². The lowest BCUT2D eigenvalue weighted by Crippen LogP contribution is -2.27. The van der Waals surface area contributed by atoms with Gasteiger partial charge in [-0.1, -0.05) is 24.3 Å². The van der Waals surface area contributed by atoms with Crippen LogP contribution < -0.4 is 15.5 Å². The monoisotopic (exact) mass is 456 g/mol. The molecule has 7 heteroatoms. The van der Waals surface area contributed by atoms with Crippen LogP contribution in [0.15, 0.2) is 78.9 Å². The minimum absolute atomic E-state index is 0.000676. The van der Waals surface area contributed by atoms with Crippen LogP contribution in [0.1, 0.15) is 33.6 Å². The van der Waals surface area contributed by atoms with Gasteiger partial charge in [0.2, 0.25) is 5.91 Å². The van der Waals surface area contributed by atoms with E-state index in [2.05, 4.69) is 10.6 Å². The van der Waals surface area contributed by atoms with E-state index in [1.807, 2.05) is 35.2 Å². The fraction of sp³-hybridized carbons (Fsp3) is 0.222. The Morgan fingerprint density at radius 3 is 2.24 bits per heavy atom. The predicted molar refractivity (Wildman–Crippen MR) is 134 cm³/mol. The van der Waals surface area contributed by atoms with Gasteiger partial charge in [-0.3, -0.25) is 14.4 Å². The summed E-state index contributed by atoms with van der Waals surface area (Å²) in [6.07, 6.45) is 2.07. The van der Waals surface area contributed by atoms with E-state index in [1.54, 1.807) is 60.5 Å². The molecule has 0 saturated carbocycles. The van der Waals surface area contributed by atoms with Crippen molar-refractivity contribution >= 4 is 34.8 Å². The third-order valence-electron chi connectivity index (χ3n) is 5.82. The second-order valence-electron chi connectivity index (χ2n) is 8.26. The summed E-state index contributed by atoms with van der Waals surface area (Å²) in [5, 5.41) is 5.89. The summed E-state index contributed by atoms with van der Waals surface area (Å²) < 4.78 is 0. The largest absolute Gasteiger partial charge is 0.376 e. The lowest BCUT2D eigenvalue weighted by molar-refractivity contribution is -0.114. The average Bonchev–Trinajstić information content (AvgIpc) is 3.42. The minimum Gasteiger partial charge on any atom is -0.376 e. The maximum absolute atomic E-state index is 12.7. The molecule has 1 saturated heterocycles. The number of nitrogens with zero attached hydrogens (tertiary/aromatic N) is 2. The van der Waals surface area contributed by atoms with Crippen LogP contribution in [0.5, 0.6) is 0 Å². The van der Waals surface area contributed by atoms with Crippen molar-refractivity contribution in [1.29, 1.82) is 0 Å². The molecule has 3 aromatic carbocycles. The molecule has 4 rings (SSSR count). The summed E-state index contributed by atoms with van der Waals surface area (Å²) in [4.78, 5) is 41.1. The Kier molecular flexibility index (Phi) is 7.22. The van der Waals surface area contributed by atoms with Crippen molar-refractivity contribution < 1.29 is 14.4 Å². The van der Waals surface area contributed by atoms with E-state index in [0.717, 1.165) is 37.3 Å². The summed E-state index contributed by atoms with van der Waals surface area (Å²) in [6.45, 7) is 1.63. The van der Waals surface area contributed by atoms with Crippen molar-refractivity contribution in [2.75, 3.05) is 42.2 Å². The van der Waals surface area contributed by atoms with Crippen molar-refractivity contribution in [2.24, 2.45) is 0 Å². The normalized spacial score (nSPS) is 12.8. The molecule has 3 aromatic rings. The highest BCUT2D eigenvalue weighted by Crippen LogP contribution is 2.18. The Morgan fingerprint density at radius 2 is 1.53 bits per heavy atom. The molecule has 34 heavy (non-hydrogen) atoms. The van der Waals surface area contributed by atoms with Gasteiger partial charge in [0.05, 0.1) is 6.54 Å². The minimum atomic E-state index is -0.227. The molecule has 0 spiro atoms. The summed E-state index contributed by atoms with van der Waals surface area (Å²) in [6, 6.07) is 23.5. The molecule has 1 heterocycles. The molecule has 0 radical (unpaired) electrons. The van der Waals surface area contributed by atoms with E-state index in [9.17, 15) is 14.4 Å². The molecule has 0 atom stereocenters. The zero-order chi connectivity index (χ0) is 23.9. The first-order chi connectivity index (χ1) is 16.5. The van der Waals surface area contributed by atoms with Crippen LogP contribution in [0.2, 0.25) is 0 Å². The second-order valence-corrected chi connectivity index (χ2v) is 8.26. The molecule has 7 nitrogen and oxygen atoms in total. The van der Waals surface area contributed by atoms with Gasteiger partial charge in [-0.05, 0) is 67.4 Å². The van der Waals surface area contributed by atoms with E-state index >= 15 is 0 Å². The van der Waals surface area contributed by atoms with Gasteiger partial charge in [0.15, 0.2) is 0 Å². The fourth-order valence-corrected chi connectivity index (χ4v) is 3.91. The van der Waals surface area contributed by atoms with Crippen LogP contribution in [0.25, 0.3) is 0 Å². The van der Waals surface area contributed by atoms with Gasteiger partial charge in [0.1, 0.15) is 0 Å². The lowest BCUT2D eigenvalue weighted by atomic mass is 10.1. The molecule has 1 fully saturated rings. The van der Waals surface area contributed by atoms with E-state index in [-0.39, 0.29) is 24.3 Å². The first-order valence-corrected chi connectivity index (χ1v) is 11.4. The molecule has 3 amide bonds. The number of amides is 3. The fourth-order valence-electron chi connectivity index (χ4n) is 3.91. The maximum Gasteiger partial charge on any atom is 0.258 e. The molecule has 1 aliphatic rings. The first-order valence-electron chi connectivity index (χ1n) is 11.4. The SMILES string of the molecule is CN(C(=O)c1ccc(NCC(=O)Nc2cccc(C(=O)N3CCCC3)c2)cc1)c1ccccc1. The van der Waals surface area contributed by atoms with Gasteiger partial charge < -0.3 is 20.4 Å². The van der Waals surface area contributed by atoms with Gasteiger partial charge in [0.25, 0.3) is 11.8 Å². The quantitative estimate of drug-likeness (QED) is 0.557. The number of hydrogen-bond acceptors (Lipinski definition) is 4. The van der Waals surface area contributed by atoms with Crippen molar-refractivity contribution in [1.82, 2.24) is 4.90 Å². The van der Waals surface area contributed by atoms with Gasteiger partial charge in [-0.25, -0.2) is 0 Å². The van der Waals surface area contributed by atoms with Crippen LogP contribution in [0.3, 0.4) is 0 Å². The van der Waals surface area contributed by atoms with Gasteiger partial charge in [0, 0.05) is 48.3 Å². The molecule has 2 N–H and O–H groups in total. The van der Waals surface area contributed by atoms with E-state index in [4.69, 9.17) is 0 Å². The van der Waals surface area contributed by atoms with Gasteiger partial charge in [-0.15, -0.1) is 0 Å². The van der Waals surface area contributed by atoms with Crippen LogP contribution in [0.4, 0.5) is 17.1 Å². The highest BCUT2D eigenvalue weighted by molar-refractivity contribution is 6.06. The topological polar surface area (TPSA) is 81.8 Å². The summed E-state index contributed by atoms with van der Waals surface area (Å²) in [5.74, 6) is -0.340. The van der Waals surface area contributed by atoms with E-state index in [0.29, 0.717) is 16.8 Å². The van der Waals surface area contributed by atoms with Crippen LogP contribution >= 0.6 is 0 Å². The van der Waals surface area contributed by atoms with E-state index < -0.39 is 0 Å². The average molecular weight is 457 g/mol. The lowest BCUT2D eigenvalue weighted by Gasteiger charge is -2.17. The highest BCUT2D eigenvalue weighted by atomic mass is 16.2. The van der Waals surface area contributed by atoms with Crippen LogP contribution in [0, 0.1) is 0 Å². The molecule has 0 unspecified atom stereocenters. The number of para-hydroxylation sites is 1. The molecular formula is C27H28N4O3. The van der Waals surface area contributed by atoms with Gasteiger partial charge >= 0.3 is 0 Å². The number of nitrogens with one attached hydrogen (secondary N) is 2. The summed E-state index contributed by atoms with van der Waals surface area (Å²) >= 11 is 0. The van der Waals surface area contributed by atoms with Crippen LogP contribution in [-0.4, -0.2) is 49.3 Å². The molecule has 174 valence electrons. The molecule has 0 aromatic heterocycles. The second kappa shape index (κ2) is 10.7. The molecular weight excluding hydrogens is 428 g/mol. The zero-order valence-corrected chi connectivity index (χ0v) is 19.2. The Morgan fingerprint density at radius 1 is 0.824 bits per heavy atom. The van der Waals surface area contributed by atoms with Crippen LogP contribution in [-0.2, 0) is 4.79 Å². The Bertz CT molecular complexity index is 1160. The number of benzene rings is 3. The third-order valence-corrected chi connectivity index (χ3v) is 5.82. The number of hydrogen-bond donors (Lipinski definition) is 2. The standard InChI is InChI=1S/C27H28N4O3/c1-30(24-10-3-2-4-11-24)26(33)20-12-14-22(15-13-20)28-19-25(32)29-23-9-7-8-21(18-23)27(34)31-16-5-6-17-31/h2-4,7-15,18,28H,5-6,16-17,19H2,1H3,(H,29,32). The number of carbonyl (C=O) groups is 3. The number of likely N-dealkylation sites (tertiary alicyclic amines) is 1. The summed E-state index contributed by atoms with van der Waals surface area (Å²) in [5.41, 5.74) is 3.26. The maximum atomic E-state index is 12.7. The van der Waals surface area contributed by atoms with Crippen molar-refractivity contribution in [3.8, 4) is 0 Å². The number of carbonyl (C=O) groups excluding carboxylic acids is 3. The first kappa shape index (κ1) is 23.0. The predicted octanol–water partition coefficient (Wildman–Crippen LogP) is 4.25. The van der Waals surface area contributed by atoms with Crippen molar-refractivity contribution in [3.63, 3.8) is 0 Å². The number of rotatable bonds is 7. The number of anilines is 3. The van der Waals surface area contributed by atoms with Crippen molar-refractivity contribution in [3.05, 3.63) is 90.0 Å². The molecule has 0 aliphatic carbocycles. The zero-order valence-electron chi connectivity index (χ0n) is 19.2. The van der Waals surface area contributed by atoms with E-state index in [1.165, 1.54) is 0 Å². The smallest absolute Gasteiger partial charge is 0.258 e. The van der Waals surface area contributed by atoms with Gasteiger partial charge in [-0.2, -0.15) is 0 Å². The third kappa shape index (κ3) is 5.61. The molecule has 0 bridgehead atoms. The Balaban J connectivity index is 1.30. The Labute approximate surface area is 199 Å². The molecule has 1 aliphatic heterocycles. The summed E-state index contributed by atoms with van der Waals surface area (Å²) in [7, 11) is 1.74. The highest BCUT2D eigenvalue weighted by Gasteiger charge is 2.19.